The van der Waals surface area contributed by atoms with Gasteiger partial charge in [0.2, 0.25) is 5.91 Å². The molecule has 5 heterocycles. The first-order valence-corrected chi connectivity index (χ1v) is 11.6. The minimum atomic E-state index is -0.0427. The van der Waals surface area contributed by atoms with Gasteiger partial charge in [-0.3, -0.25) is 24.6 Å². The number of aromatic nitrogens is 4. The van der Waals surface area contributed by atoms with Gasteiger partial charge in [0.15, 0.2) is 5.65 Å². The highest BCUT2D eigenvalue weighted by Crippen LogP contribution is 2.31. The van der Waals surface area contributed by atoms with Gasteiger partial charge in [-0.2, -0.15) is 0 Å². The highest BCUT2D eigenvalue weighted by atomic mass is 16.2. The van der Waals surface area contributed by atoms with E-state index >= 15 is 0 Å². The van der Waals surface area contributed by atoms with Gasteiger partial charge in [0.1, 0.15) is 0 Å². The number of fused-ring (bicyclic) bond motifs is 2. The number of amides is 1. The average molecular weight is 435 g/mol. The van der Waals surface area contributed by atoms with Crippen LogP contribution >= 0.6 is 0 Å². The summed E-state index contributed by atoms with van der Waals surface area (Å²) in [4.78, 5) is 39.4. The maximum absolute atomic E-state index is 13.4. The molecule has 3 aromatic rings. The Hall–Kier alpha value is -3.00. The summed E-state index contributed by atoms with van der Waals surface area (Å²) in [6.07, 6.45) is 7.39. The molecule has 32 heavy (non-hydrogen) atoms. The lowest BCUT2D eigenvalue weighted by atomic mass is 9.97. The predicted molar refractivity (Wildman–Crippen MR) is 121 cm³/mol. The third-order valence-corrected chi connectivity index (χ3v) is 6.63. The Bertz CT molecular complexity index is 1180. The Morgan fingerprint density at radius 3 is 2.94 bits per heavy atom. The number of nitrogens with one attached hydrogen (secondary N) is 1. The van der Waals surface area contributed by atoms with Crippen LogP contribution in [0, 0.1) is 5.92 Å². The van der Waals surface area contributed by atoms with E-state index in [9.17, 15) is 9.59 Å². The maximum Gasteiger partial charge on any atom is 0.277 e. The smallest absolute Gasteiger partial charge is 0.277 e. The minimum Gasteiger partial charge on any atom is -0.334 e. The summed E-state index contributed by atoms with van der Waals surface area (Å²) in [6.45, 7) is 6.85. The van der Waals surface area contributed by atoms with Crippen LogP contribution in [-0.4, -0.2) is 48.4 Å². The Kier molecular flexibility index (Phi) is 5.55. The molecule has 8 nitrogen and oxygen atoms in total. The summed E-state index contributed by atoms with van der Waals surface area (Å²) in [7, 11) is 0. The SMILES string of the molecule is CC(C)C(=O)N1CCCCC1c1cc2nc3c(c(=O)n2[nH]1)CN(Cc1cccnc1)CC3. The van der Waals surface area contributed by atoms with Crippen LogP contribution in [0.15, 0.2) is 35.4 Å². The Morgan fingerprint density at radius 1 is 1.28 bits per heavy atom. The molecule has 2 aliphatic rings. The molecule has 1 saturated heterocycles. The van der Waals surface area contributed by atoms with Gasteiger partial charge in [-0.05, 0) is 30.9 Å². The normalized spacial score (nSPS) is 19.5. The Labute approximate surface area is 187 Å². The first-order valence-electron chi connectivity index (χ1n) is 11.6. The largest absolute Gasteiger partial charge is 0.334 e. The third kappa shape index (κ3) is 3.83. The van der Waals surface area contributed by atoms with Crippen molar-refractivity contribution in [2.45, 2.75) is 58.7 Å². The molecule has 1 atom stereocenters. The first kappa shape index (κ1) is 20.9. The van der Waals surface area contributed by atoms with Crippen molar-refractivity contribution in [1.29, 1.82) is 0 Å². The van der Waals surface area contributed by atoms with Gasteiger partial charge in [0.05, 0.1) is 23.0 Å². The van der Waals surface area contributed by atoms with Crippen molar-refractivity contribution < 1.29 is 4.79 Å². The van der Waals surface area contributed by atoms with Gasteiger partial charge in [-0.25, -0.2) is 9.50 Å². The molecule has 3 aromatic heterocycles. The van der Waals surface area contributed by atoms with Crippen molar-refractivity contribution >= 4 is 11.6 Å². The van der Waals surface area contributed by atoms with Gasteiger partial charge < -0.3 is 4.90 Å². The lowest BCUT2D eigenvalue weighted by Gasteiger charge is -2.36. The van der Waals surface area contributed by atoms with Crippen molar-refractivity contribution in [3.05, 3.63) is 63.5 Å². The van der Waals surface area contributed by atoms with E-state index in [-0.39, 0.29) is 23.4 Å². The fourth-order valence-corrected chi connectivity index (χ4v) is 4.96. The van der Waals surface area contributed by atoms with Crippen LogP contribution in [-0.2, 0) is 24.3 Å². The molecule has 168 valence electrons. The van der Waals surface area contributed by atoms with Crippen molar-refractivity contribution in [3.63, 3.8) is 0 Å². The van der Waals surface area contributed by atoms with Gasteiger partial charge >= 0.3 is 0 Å². The van der Waals surface area contributed by atoms with Gasteiger partial charge in [-0.15, -0.1) is 0 Å². The molecule has 8 heteroatoms. The van der Waals surface area contributed by atoms with Crippen molar-refractivity contribution in [2.24, 2.45) is 5.92 Å². The van der Waals surface area contributed by atoms with E-state index in [1.165, 1.54) is 0 Å². The molecule has 1 fully saturated rings. The Balaban J connectivity index is 1.45. The number of piperidine rings is 1. The topological polar surface area (TPSA) is 86.6 Å². The molecule has 0 aromatic carbocycles. The summed E-state index contributed by atoms with van der Waals surface area (Å²) in [6, 6.07) is 5.92. The van der Waals surface area contributed by atoms with E-state index in [1.807, 2.05) is 37.1 Å². The lowest BCUT2D eigenvalue weighted by molar-refractivity contribution is -0.138. The van der Waals surface area contributed by atoms with Gasteiger partial charge in [0, 0.05) is 57.0 Å². The molecule has 0 saturated carbocycles. The standard InChI is InChI=1S/C24H30N6O2/c1-16(2)23(31)29-10-4-3-7-21(29)20-12-22-26-19-8-11-28(14-17-6-5-9-25-13-17)15-18(19)24(32)30(22)27-20/h5-6,9,12-13,16,21,27H,3-4,7-8,10-11,14-15H2,1-2H3. The second-order valence-corrected chi connectivity index (χ2v) is 9.27. The number of carbonyl (C=O) groups excluding carboxylic acids is 1. The van der Waals surface area contributed by atoms with Crippen LogP contribution in [0.4, 0.5) is 0 Å². The number of pyridine rings is 1. The summed E-state index contributed by atoms with van der Waals surface area (Å²) < 4.78 is 1.56. The van der Waals surface area contributed by atoms with Crippen LogP contribution in [0.1, 0.15) is 61.7 Å². The van der Waals surface area contributed by atoms with Crippen molar-refractivity contribution in [3.8, 4) is 0 Å². The number of hydrogen-bond donors (Lipinski definition) is 1. The van der Waals surface area contributed by atoms with Gasteiger partial charge in [0.25, 0.3) is 5.56 Å². The fourth-order valence-electron chi connectivity index (χ4n) is 4.96. The lowest BCUT2D eigenvalue weighted by Crippen LogP contribution is -2.41. The van der Waals surface area contributed by atoms with E-state index < -0.39 is 0 Å². The monoisotopic (exact) mass is 434 g/mol. The van der Waals surface area contributed by atoms with Crippen LogP contribution in [0.3, 0.4) is 0 Å². The number of hydrogen-bond acceptors (Lipinski definition) is 5. The summed E-state index contributed by atoms with van der Waals surface area (Å²) >= 11 is 0. The first-order chi connectivity index (χ1) is 15.5. The summed E-state index contributed by atoms with van der Waals surface area (Å²) in [5.74, 6) is 0.123. The van der Waals surface area contributed by atoms with E-state index in [0.717, 1.165) is 67.8 Å². The molecule has 0 aliphatic carbocycles. The van der Waals surface area contributed by atoms with Crippen molar-refractivity contribution in [2.75, 3.05) is 13.1 Å². The van der Waals surface area contributed by atoms with Crippen LogP contribution in [0.25, 0.3) is 5.65 Å². The third-order valence-electron chi connectivity index (χ3n) is 6.63. The highest BCUT2D eigenvalue weighted by Gasteiger charge is 2.31. The zero-order chi connectivity index (χ0) is 22.2. The predicted octanol–water partition coefficient (Wildman–Crippen LogP) is 2.69. The molecule has 0 spiro atoms. The second-order valence-electron chi connectivity index (χ2n) is 9.27. The zero-order valence-electron chi connectivity index (χ0n) is 18.8. The van der Waals surface area contributed by atoms with Gasteiger partial charge in [-0.1, -0.05) is 19.9 Å². The molecule has 2 aliphatic heterocycles. The molecule has 0 radical (unpaired) electrons. The van der Waals surface area contributed by atoms with Crippen molar-refractivity contribution in [1.82, 2.24) is 29.4 Å². The molecule has 5 rings (SSSR count). The average Bonchev–Trinajstić information content (AvgIpc) is 3.24. The van der Waals surface area contributed by atoms with E-state index in [1.54, 1.807) is 10.7 Å². The number of likely N-dealkylation sites (tertiary alicyclic amines) is 1. The number of carbonyl (C=O) groups is 1. The summed E-state index contributed by atoms with van der Waals surface area (Å²) in [5, 5.41) is 3.29. The summed E-state index contributed by atoms with van der Waals surface area (Å²) in [5.41, 5.74) is 4.29. The molecule has 1 unspecified atom stereocenters. The Morgan fingerprint density at radius 2 is 2.16 bits per heavy atom. The fraction of sp³-hybridized carbons (Fsp3) is 0.500. The number of aromatic amines is 1. The minimum absolute atomic E-state index is 0.0288. The van der Waals surface area contributed by atoms with E-state index in [0.29, 0.717) is 12.2 Å². The van der Waals surface area contributed by atoms with Crippen LogP contribution in [0.2, 0.25) is 0 Å². The van der Waals surface area contributed by atoms with Crippen LogP contribution < -0.4 is 5.56 Å². The second kappa shape index (κ2) is 8.50. The molecular weight excluding hydrogens is 404 g/mol. The molecule has 0 bridgehead atoms. The quantitative estimate of drug-likeness (QED) is 0.682. The molecule has 1 N–H and O–H groups in total. The van der Waals surface area contributed by atoms with E-state index in [2.05, 4.69) is 21.0 Å². The van der Waals surface area contributed by atoms with E-state index in [4.69, 9.17) is 4.98 Å². The molecule has 1 amide bonds. The maximum atomic E-state index is 13.4. The number of rotatable bonds is 4. The zero-order valence-corrected chi connectivity index (χ0v) is 18.8. The number of nitrogens with zero attached hydrogens (tertiary/aromatic N) is 5. The van der Waals surface area contributed by atoms with Crippen LogP contribution in [0.5, 0.6) is 0 Å². The number of H-pyrrole nitrogens is 1. The highest BCUT2D eigenvalue weighted by molar-refractivity contribution is 5.78. The molecular formula is C24H30N6O2.